The number of nitrogens with zero attached hydrogens (tertiary/aromatic N) is 5. The average Bonchev–Trinajstić information content (AvgIpc) is 3.84. The molecule has 0 atom stereocenters. The zero-order valence-corrected chi connectivity index (χ0v) is 29.9. The van der Waals surface area contributed by atoms with Gasteiger partial charge in [-0.2, -0.15) is 9.97 Å². The summed E-state index contributed by atoms with van der Waals surface area (Å²) in [4.78, 5) is 15.5. The Kier molecular flexibility index (Phi) is 6.29. The van der Waals surface area contributed by atoms with Gasteiger partial charge in [-0.25, -0.2) is 4.98 Å². The molecule has 0 aliphatic carbocycles. The van der Waals surface area contributed by atoms with Gasteiger partial charge in [-0.15, -0.1) is 0 Å². The smallest absolute Gasteiger partial charge is 0.238 e. The van der Waals surface area contributed by atoms with Crippen LogP contribution in [0.15, 0.2) is 200 Å². The van der Waals surface area contributed by atoms with E-state index in [1.165, 1.54) is 0 Å². The number of fused-ring (bicyclic) bond motifs is 7. The molecule has 3 aromatic heterocycles. The van der Waals surface area contributed by atoms with E-state index < -0.39 is 18.1 Å². The number of benzene rings is 8. The lowest BCUT2D eigenvalue weighted by Crippen LogP contribution is -2.07. The molecule has 0 saturated carbocycles. The van der Waals surface area contributed by atoms with Gasteiger partial charge in [0.25, 0.3) is 0 Å². The fourth-order valence-electron chi connectivity index (χ4n) is 8.06. The van der Waals surface area contributed by atoms with E-state index in [9.17, 15) is 2.74 Å². The molecule has 262 valence electrons. The van der Waals surface area contributed by atoms with Crippen molar-refractivity contribution in [1.82, 2.24) is 24.1 Å². The van der Waals surface area contributed by atoms with Gasteiger partial charge < -0.3 is 4.57 Å². The first kappa shape index (κ1) is 27.0. The van der Waals surface area contributed by atoms with Crippen LogP contribution in [0.2, 0.25) is 0 Å². The Labute approximate surface area is 330 Å². The molecule has 0 spiro atoms. The normalized spacial score (nSPS) is 12.8. The molecule has 0 amide bonds. The molecule has 0 fully saturated rings. The summed E-state index contributed by atoms with van der Waals surface area (Å²) in [6.07, 6.45) is 0. The average molecular weight is 721 g/mol. The van der Waals surface area contributed by atoms with E-state index in [4.69, 9.17) is 19.1 Å². The van der Waals surface area contributed by atoms with Crippen LogP contribution >= 0.6 is 0 Å². The molecule has 3 heterocycles. The Morgan fingerprint density at radius 1 is 0.357 bits per heavy atom. The van der Waals surface area contributed by atoms with Crippen LogP contribution in [0.4, 0.5) is 0 Å². The minimum Gasteiger partial charge on any atom is -0.306 e. The van der Waals surface area contributed by atoms with Crippen LogP contribution in [0, 0.1) is 0 Å². The van der Waals surface area contributed by atoms with Crippen molar-refractivity contribution in [1.29, 1.82) is 0 Å². The second-order valence-corrected chi connectivity index (χ2v) is 13.6. The minimum atomic E-state index is -0.440. The summed E-state index contributed by atoms with van der Waals surface area (Å²) in [7, 11) is 0. The Bertz CT molecular complexity index is 3440. The van der Waals surface area contributed by atoms with Crippen molar-refractivity contribution in [3.63, 3.8) is 0 Å². The Morgan fingerprint density at radius 3 is 1.39 bits per heavy atom. The molecule has 0 aliphatic heterocycles. The first-order valence-electron chi connectivity index (χ1n) is 21.0. The first-order valence-corrected chi connectivity index (χ1v) is 18.5. The van der Waals surface area contributed by atoms with E-state index >= 15 is 0 Å². The third-order valence-electron chi connectivity index (χ3n) is 10.5. The first-order chi connectivity index (χ1) is 29.9. The number of para-hydroxylation sites is 3. The van der Waals surface area contributed by atoms with Crippen molar-refractivity contribution in [3.05, 3.63) is 200 Å². The predicted molar refractivity (Wildman–Crippen MR) is 230 cm³/mol. The standard InChI is InChI=1S/C51H33N5/c1-5-18-34(19-6-1)38-28-17-29-39(35-20-7-2-8-21-35)46(38)55-44-30-15-13-26-40(44)42-32-33-43-41-27-14-16-31-45(41)56(48(43)47(42)55)51-53-49(36-22-9-3-10-23-36)52-50(54-51)37-24-11-4-12-25-37/h1-33H/i1D,5D,6D,18D,19D. The highest BCUT2D eigenvalue weighted by atomic mass is 15.2. The second kappa shape index (κ2) is 13.0. The van der Waals surface area contributed by atoms with Crippen LogP contribution < -0.4 is 0 Å². The summed E-state index contributed by atoms with van der Waals surface area (Å²) in [6, 6.07) is 54.6. The van der Waals surface area contributed by atoms with Crippen LogP contribution in [-0.4, -0.2) is 24.1 Å². The molecule has 0 unspecified atom stereocenters. The molecule has 56 heavy (non-hydrogen) atoms. The molecule has 0 saturated heterocycles. The van der Waals surface area contributed by atoms with Crippen molar-refractivity contribution in [3.8, 4) is 56.7 Å². The summed E-state index contributed by atoms with van der Waals surface area (Å²) in [5, 5.41) is 3.91. The zero-order valence-electron chi connectivity index (χ0n) is 34.9. The summed E-state index contributed by atoms with van der Waals surface area (Å²) >= 11 is 0. The van der Waals surface area contributed by atoms with Crippen molar-refractivity contribution >= 4 is 43.6 Å². The molecule has 8 aromatic carbocycles. The highest BCUT2D eigenvalue weighted by Crippen LogP contribution is 2.45. The molecule has 11 aromatic rings. The van der Waals surface area contributed by atoms with Crippen LogP contribution in [0.1, 0.15) is 6.85 Å². The summed E-state index contributed by atoms with van der Waals surface area (Å²) < 4.78 is 48.7. The molecular formula is C51H33N5. The van der Waals surface area contributed by atoms with Gasteiger partial charge >= 0.3 is 0 Å². The maximum absolute atomic E-state index is 9.22. The van der Waals surface area contributed by atoms with Crippen LogP contribution in [0.3, 0.4) is 0 Å². The van der Waals surface area contributed by atoms with Crippen molar-refractivity contribution < 1.29 is 6.85 Å². The quantitative estimate of drug-likeness (QED) is 0.172. The number of hydrogen-bond acceptors (Lipinski definition) is 3. The molecule has 0 N–H and O–H groups in total. The molecule has 5 heteroatoms. The monoisotopic (exact) mass is 720 g/mol. The van der Waals surface area contributed by atoms with Gasteiger partial charge in [0.15, 0.2) is 11.6 Å². The Morgan fingerprint density at radius 2 is 0.821 bits per heavy atom. The number of aromatic nitrogens is 5. The molecule has 0 bridgehead atoms. The largest absolute Gasteiger partial charge is 0.306 e. The number of hydrogen-bond donors (Lipinski definition) is 0. The Balaban J connectivity index is 1.35. The summed E-state index contributed by atoms with van der Waals surface area (Å²) in [6.45, 7) is 0. The van der Waals surface area contributed by atoms with Gasteiger partial charge in [0.05, 0.1) is 34.6 Å². The zero-order chi connectivity index (χ0) is 41.4. The van der Waals surface area contributed by atoms with Gasteiger partial charge in [0.2, 0.25) is 5.95 Å². The SMILES string of the molecule is [2H]c1c([2H])c([2H])c(-c2cccc(-c3ccccc3)c2-n2c3ccccc3c3ccc4c5ccccc5n(-c5nc(-c6ccccc6)nc(-c6ccccc6)n5)c4c32)c([2H])c1[2H]. The van der Waals surface area contributed by atoms with Crippen molar-refractivity contribution in [2.24, 2.45) is 0 Å². The highest BCUT2D eigenvalue weighted by molar-refractivity contribution is 6.24. The second-order valence-electron chi connectivity index (χ2n) is 13.6. The maximum atomic E-state index is 9.22. The van der Waals surface area contributed by atoms with E-state index in [2.05, 4.69) is 45.5 Å². The summed E-state index contributed by atoms with van der Waals surface area (Å²) in [5.74, 6) is 1.49. The van der Waals surface area contributed by atoms with Gasteiger partial charge in [0.1, 0.15) is 0 Å². The molecule has 5 nitrogen and oxygen atoms in total. The lowest BCUT2D eigenvalue weighted by molar-refractivity contribution is 0.953. The fourth-order valence-corrected chi connectivity index (χ4v) is 8.06. The summed E-state index contributed by atoms with van der Waals surface area (Å²) in [5.41, 5.74) is 8.18. The van der Waals surface area contributed by atoms with Crippen LogP contribution in [-0.2, 0) is 0 Å². The lowest BCUT2D eigenvalue weighted by Gasteiger charge is -2.20. The van der Waals surface area contributed by atoms with Gasteiger partial charge in [-0.1, -0.05) is 188 Å². The van der Waals surface area contributed by atoms with Crippen molar-refractivity contribution in [2.45, 2.75) is 0 Å². The molecule has 0 radical (unpaired) electrons. The molecule has 11 rings (SSSR count). The third kappa shape index (κ3) is 5.06. The van der Waals surface area contributed by atoms with E-state index in [0.717, 1.165) is 65.9 Å². The predicted octanol–water partition coefficient (Wildman–Crippen LogP) is 12.7. The van der Waals surface area contributed by atoms with Crippen LogP contribution in [0.25, 0.3) is 100 Å². The van der Waals surface area contributed by atoms with Gasteiger partial charge in [-0.05, 0) is 23.3 Å². The number of rotatable bonds is 6. The Hall–Kier alpha value is -7.63. The highest BCUT2D eigenvalue weighted by Gasteiger charge is 2.25. The van der Waals surface area contributed by atoms with E-state index in [1.54, 1.807) is 0 Å². The van der Waals surface area contributed by atoms with E-state index in [-0.39, 0.29) is 17.6 Å². The maximum Gasteiger partial charge on any atom is 0.238 e. The lowest BCUT2D eigenvalue weighted by atomic mass is 9.95. The van der Waals surface area contributed by atoms with Gasteiger partial charge in [-0.3, -0.25) is 4.57 Å². The topological polar surface area (TPSA) is 48.5 Å². The van der Waals surface area contributed by atoms with Crippen molar-refractivity contribution in [2.75, 3.05) is 0 Å². The fraction of sp³-hybridized carbons (Fsp3) is 0. The van der Waals surface area contributed by atoms with Crippen LogP contribution in [0.5, 0.6) is 0 Å². The van der Waals surface area contributed by atoms with E-state index in [1.807, 2.05) is 133 Å². The molecular weight excluding hydrogens is 683 g/mol. The van der Waals surface area contributed by atoms with E-state index in [0.29, 0.717) is 28.8 Å². The minimum absolute atomic E-state index is 0.120. The van der Waals surface area contributed by atoms with Gasteiger partial charge in [0, 0.05) is 43.8 Å². The third-order valence-corrected chi connectivity index (χ3v) is 10.5. The molecule has 0 aliphatic rings.